The number of ether oxygens (including phenoxy) is 1. The second-order valence-corrected chi connectivity index (χ2v) is 4.48. The smallest absolute Gasteiger partial charge is 0.146 e. The van der Waals surface area contributed by atoms with E-state index in [1.165, 1.54) is 6.07 Å². The molecule has 1 aliphatic heterocycles. The third kappa shape index (κ3) is 2.96. The predicted octanol–water partition coefficient (Wildman–Crippen LogP) is 2.17. The van der Waals surface area contributed by atoms with Gasteiger partial charge >= 0.3 is 0 Å². The number of benzene rings is 1. The first-order valence-corrected chi connectivity index (χ1v) is 5.98. The van der Waals surface area contributed by atoms with Crippen molar-refractivity contribution in [3.8, 4) is 0 Å². The third-order valence-corrected chi connectivity index (χ3v) is 3.13. The minimum atomic E-state index is -0.308. The lowest BCUT2D eigenvalue weighted by atomic mass is 10.1. The SMILES string of the molecule is CC1CCC(C(CO)Nc2ccccc2F)O1. The van der Waals surface area contributed by atoms with E-state index < -0.39 is 0 Å². The molecule has 1 aromatic rings. The molecule has 0 aromatic heterocycles. The van der Waals surface area contributed by atoms with Crippen LogP contribution >= 0.6 is 0 Å². The van der Waals surface area contributed by atoms with Gasteiger partial charge in [-0.3, -0.25) is 0 Å². The molecule has 2 rings (SSSR count). The van der Waals surface area contributed by atoms with Crippen LogP contribution in [0.25, 0.3) is 0 Å². The maximum atomic E-state index is 13.5. The first kappa shape index (κ1) is 12.3. The molecular formula is C13H18FNO2. The summed E-state index contributed by atoms with van der Waals surface area (Å²) in [5, 5.41) is 12.4. The van der Waals surface area contributed by atoms with E-state index in [1.54, 1.807) is 18.2 Å². The van der Waals surface area contributed by atoms with Gasteiger partial charge in [0.25, 0.3) is 0 Å². The largest absolute Gasteiger partial charge is 0.394 e. The van der Waals surface area contributed by atoms with Gasteiger partial charge in [-0.15, -0.1) is 0 Å². The van der Waals surface area contributed by atoms with Crippen LogP contribution in [0.3, 0.4) is 0 Å². The molecule has 0 radical (unpaired) electrons. The Morgan fingerprint density at radius 1 is 1.47 bits per heavy atom. The number of halogens is 1. The van der Waals surface area contributed by atoms with Gasteiger partial charge in [0, 0.05) is 0 Å². The molecule has 4 heteroatoms. The van der Waals surface area contributed by atoms with Gasteiger partial charge in [0.2, 0.25) is 0 Å². The molecule has 1 heterocycles. The van der Waals surface area contributed by atoms with Crippen LogP contribution in [0.1, 0.15) is 19.8 Å². The van der Waals surface area contributed by atoms with Crippen LogP contribution < -0.4 is 5.32 Å². The van der Waals surface area contributed by atoms with Crippen LogP contribution in [0.15, 0.2) is 24.3 Å². The van der Waals surface area contributed by atoms with Crippen LogP contribution in [0.2, 0.25) is 0 Å². The summed E-state index contributed by atoms with van der Waals surface area (Å²) in [6, 6.07) is 6.21. The van der Waals surface area contributed by atoms with E-state index in [-0.39, 0.29) is 30.7 Å². The number of rotatable bonds is 4. The first-order valence-electron chi connectivity index (χ1n) is 5.98. The predicted molar refractivity (Wildman–Crippen MR) is 64.5 cm³/mol. The molecule has 1 fully saturated rings. The maximum Gasteiger partial charge on any atom is 0.146 e. The number of aliphatic hydroxyl groups excluding tert-OH is 1. The number of aliphatic hydroxyl groups is 1. The summed E-state index contributed by atoms with van der Waals surface area (Å²) in [5.41, 5.74) is 0.412. The average molecular weight is 239 g/mol. The molecule has 3 nitrogen and oxygen atoms in total. The van der Waals surface area contributed by atoms with Gasteiger partial charge in [-0.25, -0.2) is 4.39 Å². The van der Waals surface area contributed by atoms with Crippen molar-refractivity contribution in [1.29, 1.82) is 0 Å². The highest BCUT2D eigenvalue weighted by atomic mass is 19.1. The van der Waals surface area contributed by atoms with Crippen molar-refractivity contribution in [2.75, 3.05) is 11.9 Å². The molecule has 3 unspecified atom stereocenters. The Morgan fingerprint density at radius 3 is 2.82 bits per heavy atom. The monoisotopic (exact) mass is 239 g/mol. The Kier molecular flexibility index (Phi) is 3.97. The standard InChI is InChI=1S/C13H18FNO2/c1-9-6-7-13(17-9)12(8-16)15-11-5-3-2-4-10(11)14/h2-5,9,12-13,15-16H,6-8H2,1H3. The molecule has 0 saturated carbocycles. The van der Waals surface area contributed by atoms with Crippen molar-refractivity contribution in [2.45, 2.75) is 38.0 Å². The minimum Gasteiger partial charge on any atom is -0.394 e. The number of nitrogens with one attached hydrogen (secondary N) is 1. The summed E-state index contributed by atoms with van der Waals surface area (Å²) in [7, 11) is 0. The van der Waals surface area contributed by atoms with Gasteiger partial charge in [0.15, 0.2) is 0 Å². The quantitative estimate of drug-likeness (QED) is 0.846. The van der Waals surface area contributed by atoms with Gasteiger partial charge in [0.1, 0.15) is 5.82 Å². The molecule has 0 aliphatic carbocycles. The summed E-state index contributed by atoms with van der Waals surface area (Å²) >= 11 is 0. The molecule has 0 spiro atoms. The highest BCUT2D eigenvalue weighted by Crippen LogP contribution is 2.24. The number of para-hydroxylation sites is 1. The topological polar surface area (TPSA) is 41.5 Å². The van der Waals surface area contributed by atoms with Crippen molar-refractivity contribution in [3.05, 3.63) is 30.1 Å². The van der Waals surface area contributed by atoms with Gasteiger partial charge in [0.05, 0.1) is 30.5 Å². The molecule has 1 aliphatic rings. The summed E-state index contributed by atoms with van der Waals surface area (Å²) in [6.45, 7) is 1.95. The van der Waals surface area contributed by atoms with E-state index in [2.05, 4.69) is 5.32 Å². The zero-order valence-corrected chi connectivity index (χ0v) is 9.90. The van der Waals surface area contributed by atoms with Crippen LogP contribution in [-0.4, -0.2) is 30.0 Å². The molecule has 2 N–H and O–H groups in total. The number of anilines is 1. The molecule has 17 heavy (non-hydrogen) atoms. The second kappa shape index (κ2) is 5.47. The zero-order valence-electron chi connectivity index (χ0n) is 9.90. The second-order valence-electron chi connectivity index (χ2n) is 4.48. The average Bonchev–Trinajstić information content (AvgIpc) is 2.75. The molecule has 0 bridgehead atoms. The van der Waals surface area contributed by atoms with E-state index in [0.29, 0.717) is 5.69 Å². The van der Waals surface area contributed by atoms with E-state index in [1.807, 2.05) is 6.92 Å². The summed E-state index contributed by atoms with van der Waals surface area (Å²) < 4.78 is 19.1. The lowest BCUT2D eigenvalue weighted by Crippen LogP contribution is -2.37. The van der Waals surface area contributed by atoms with E-state index in [9.17, 15) is 9.50 Å². The normalized spacial score (nSPS) is 25.8. The van der Waals surface area contributed by atoms with E-state index >= 15 is 0 Å². The third-order valence-electron chi connectivity index (χ3n) is 3.13. The lowest BCUT2D eigenvalue weighted by Gasteiger charge is -2.24. The summed E-state index contributed by atoms with van der Waals surface area (Å²) in [4.78, 5) is 0. The van der Waals surface area contributed by atoms with E-state index in [4.69, 9.17) is 4.74 Å². The first-order chi connectivity index (χ1) is 8.20. The Morgan fingerprint density at radius 2 is 2.24 bits per heavy atom. The number of hydrogen-bond donors (Lipinski definition) is 2. The van der Waals surface area contributed by atoms with Crippen LogP contribution in [0, 0.1) is 5.82 Å². The Labute approximate surface area is 101 Å². The fourth-order valence-corrected chi connectivity index (χ4v) is 2.16. The fourth-order valence-electron chi connectivity index (χ4n) is 2.16. The molecule has 94 valence electrons. The molecule has 3 atom stereocenters. The van der Waals surface area contributed by atoms with Crippen LogP contribution in [0.4, 0.5) is 10.1 Å². The van der Waals surface area contributed by atoms with Crippen LogP contribution in [-0.2, 0) is 4.74 Å². The molecular weight excluding hydrogens is 221 g/mol. The maximum absolute atomic E-state index is 13.5. The van der Waals surface area contributed by atoms with Crippen molar-refractivity contribution in [1.82, 2.24) is 0 Å². The van der Waals surface area contributed by atoms with Gasteiger partial charge in [-0.1, -0.05) is 12.1 Å². The number of hydrogen-bond acceptors (Lipinski definition) is 3. The Hall–Kier alpha value is -1.13. The van der Waals surface area contributed by atoms with Crippen molar-refractivity contribution in [3.63, 3.8) is 0 Å². The van der Waals surface area contributed by atoms with Crippen molar-refractivity contribution < 1.29 is 14.2 Å². The molecule has 1 aromatic carbocycles. The van der Waals surface area contributed by atoms with E-state index in [0.717, 1.165) is 12.8 Å². The molecule has 1 saturated heterocycles. The summed E-state index contributed by atoms with van der Waals surface area (Å²) in [5.74, 6) is -0.308. The zero-order chi connectivity index (χ0) is 12.3. The van der Waals surface area contributed by atoms with Gasteiger partial charge < -0.3 is 15.2 Å². The fraction of sp³-hybridized carbons (Fsp3) is 0.538. The summed E-state index contributed by atoms with van der Waals surface area (Å²) in [6.07, 6.45) is 2.06. The highest BCUT2D eigenvalue weighted by Gasteiger charge is 2.29. The van der Waals surface area contributed by atoms with Crippen LogP contribution in [0.5, 0.6) is 0 Å². The van der Waals surface area contributed by atoms with Crippen molar-refractivity contribution in [2.24, 2.45) is 0 Å². The van der Waals surface area contributed by atoms with Crippen molar-refractivity contribution >= 4 is 5.69 Å². The Bertz CT molecular complexity index is 372. The Balaban J connectivity index is 2.03. The molecule has 0 amide bonds. The lowest BCUT2D eigenvalue weighted by molar-refractivity contribution is 0.0323. The van der Waals surface area contributed by atoms with Gasteiger partial charge in [-0.2, -0.15) is 0 Å². The van der Waals surface area contributed by atoms with Gasteiger partial charge in [-0.05, 0) is 31.9 Å². The highest BCUT2D eigenvalue weighted by molar-refractivity contribution is 5.45. The minimum absolute atomic E-state index is 0.0467.